The number of hydrogen-bond acceptors (Lipinski definition) is 6. The average Bonchev–Trinajstić information content (AvgIpc) is 2.87. The normalized spacial score (nSPS) is 17.4. The van der Waals surface area contributed by atoms with Gasteiger partial charge in [-0.1, -0.05) is 26.0 Å². The molecule has 0 saturated heterocycles. The standard InChI is InChI=1S/C26H35N3O5/c1-7-29(8-2)14-13-27-25(30)23-19-15-21(33-5)22(34-6)16-20(19)26(31)28(3)24(23)17-9-11-18(32-4)12-10-17/h9-12,15-16,23-24H,7-8,13-14H2,1-6H3,(H,27,30)/t23-,24-/m1/s1. The van der Waals surface area contributed by atoms with Crippen LogP contribution in [0.25, 0.3) is 0 Å². The maximum absolute atomic E-state index is 13.7. The zero-order valence-corrected chi connectivity index (χ0v) is 20.9. The third-order valence-electron chi connectivity index (χ3n) is 6.54. The number of hydrogen-bond donors (Lipinski definition) is 1. The van der Waals surface area contributed by atoms with Crippen LogP contribution in [-0.4, -0.2) is 76.2 Å². The van der Waals surface area contributed by atoms with Crippen LogP contribution in [0.5, 0.6) is 17.2 Å². The Balaban J connectivity index is 2.06. The molecule has 1 heterocycles. The molecular weight excluding hydrogens is 434 g/mol. The first kappa shape index (κ1) is 25.4. The van der Waals surface area contributed by atoms with Crippen molar-refractivity contribution in [3.63, 3.8) is 0 Å². The van der Waals surface area contributed by atoms with E-state index in [1.54, 1.807) is 38.3 Å². The minimum absolute atomic E-state index is 0.138. The van der Waals surface area contributed by atoms with Crippen molar-refractivity contribution >= 4 is 11.8 Å². The molecule has 184 valence electrons. The first-order valence-electron chi connectivity index (χ1n) is 11.6. The van der Waals surface area contributed by atoms with E-state index in [-0.39, 0.29) is 11.8 Å². The summed E-state index contributed by atoms with van der Waals surface area (Å²) in [6, 6.07) is 10.4. The molecule has 2 aromatic rings. The minimum atomic E-state index is -0.623. The highest BCUT2D eigenvalue weighted by Gasteiger charge is 2.43. The van der Waals surface area contributed by atoms with Gasteiger partial charge in [-0.3, -0.25) is 9.59 Å². The van der Waals surface area contributed by atoms with Gasteiger partial charge in [0.2, 0.25) is 5.91 Å². The zero-order valence-electron chi connectivity index (χ0n) is 20.9. The van der Waals surface area contributed by atoms with E-state index in [4.69, 9.17) is 14.2 Å². The Kier molecular flexibility index (Phi) is 8.39. The van der Waals surface area contributed by atoms with Crippen molar-refractivity contribution in [1.29, 1.82) is 0 Å². The van der Waals surface area contributed by atoms with Crippen LogP contribution < -0.4 is 19.5 Å². The van der Waals surface area contributed by atoms with E-state index in [2.05, 4.69) is 24.1 Å². The zero-order chi connectivity index (χ0) is 24.8. The molecule has 0 fully saturated rings. The summed E-state index contributed by atoms with van der Waals surface area (Å²) in [5.41, 5.74) is 1.91. The highest BCUT2D eigenvalue weighted by molar-refractivity contribution is 6.02. The molecule has 0 unspecified atom stereocenters. The molecule has 0 radical (unpaired) electrons. The van der Waals surface area contributed by atoms with Crippen molar-refractivity contribution in [2.75, 3.05) is 54.6 Å². The van der Waals surface area contributed by atoms with Crippen LogP contribution in [0.1, 0.15) is 47.3 Å². The summed E-state index contributed by atoms with van der Waals surface area (Å²) in [7, 11) is 6.40. The van der Waals surface area contributed by atoms with E-state index in [0.29, 0.717) is 34.9 Å². The second-order valence-corrected chi connectivity index (χ2v) is 8.22. The third kappa shape index (κ3) is 4.97. The van der Waals surface area contributed by atoms with Crippen molar-refractivity contribution in [2.45, 2.75) is 25.8 Å². The van der Waals surface area contributed by atoms with Crippen LogP contribution in [0, 0.1) is 0 Å². The number of benzene rings is 2. The summed E-state index contributed by atoms with van der Waals surface area (Å²) in [6.45, 7) is 7.31. The number of amides is 2. The molecule has 2 aromatic carbocycles. The number of nitrogens with one attached hydrogen (secondary N) is 1. The quantitative estimate of drug-likeness (QED) is 0.576. The number of ether oxygens (including phenoxy) is 3. The van der Waals surface area contributed by atoms with E-state index >= 15 is 0 Å². The minimum Gasteiger partial charge on any atom is -0.497 e. The lowest BCUT2D eigenvalue weighted by atomic mass is 9.79. The average molecular weight is 470 g/mol. The Bertz CT molecular complexity index is 1000. The number of methoxy groups -OCH3 is 3. The van der Waals surface area contributed by atoms with Gasteiger partial charge in [-0.05, 0) is 48.5 Å². The maximum atomic E-state index is 13.7. The van der Waals surface area contributed by atoms with Crippen LogP contribution in [0.4, 0.5) is 0 Å². The fourth-order valence-corrected chi connectivity index (χ4v) is 4.54. The van der Waals surface area contributed by atoms with Gasteiger partial charge >= 0.3 is 0 Å². The third-order valence-corrected chi connectivity index (χ3v) is 6.54. The SMILES string of the molecule is CCN(CC)CCNC(=O)[C@@H]1c2cc(OC)c(OC)cc2C(=O)N(C)[C@@H]1c1ccc(OC)cc1. The van der Waals surface area contributed by atoms with Crippen molar-refractivity contribution in [2.24, 2.45) is 0 Å². The Morgan fingerprint density at radius 2 is 1.62 bits per heavy atom. The lowest BCUT2D eigenvalue weighted by molar-refractivity contribution is -0.124. The fourth-order valence-electron chi connectivity index (χ4n) is 4.54. The molecule has 2 amide bonds. The van der Waals surface area contributed by atoms with E-state index < -0.39 is 12.0 Å². The predicted molar refractivity (Wildman–Crippen MR) is 131 cm³/mol. The molecule has 0 bridgehead atoms. The van der Waals surface area contributed by atoms with Crippen molar-refractivity contribution in [3.05, 3.63) is 53.1 Å². The number of rotatable bonds is 10. The molecule has 8 heteroatoms. The van der Waals surface area contributed by atoms with E-state index in [9.17, 15) is 9.59 Å². The summed E-state index contributed by atoms with van der Waals surface area (Å²) in [4.78, 5) is 31.0. The summed E-state index contributed by atoms with van der Waals surface area (Å²) < 4.78 is 16.2. The lowest BCUT2D eigenvalue weighted by Gasteiger charge is -2.40. The Hall–Kier alpha value is -3.26. The van der Waals surface area contributed by atoms with Crippen LogP contribution in [0.15, 0.2) is 36.4 Å². The molecule has 0 saturated carbocycles. The van der Waals surface area contributed by atoms with Crippen LogP contribution in [0.3, 0.4) is 0 Å². The Morgan fingerprint density at radius 3 is 2.18 bits per heavy atom. The number of carbonyl (C=O) groups excluding carboxylic acids is 2. The van der Waals surface area contributed by atoms with Gasteiger partial charge in [0.25, 0.3) is 5.91 Å². The molecule has 1 aliphatic heterocycles. The highest BCUT2D eigenvalue weighted by Crippen LogP contribution is 2.45. The number of likely N-dealkylation sites (N-methyl/N-ethyl adjacent to an activating group) is 2. The molecule has 8 nitrogen and oxygen atoms in total. The second kappa shape index (κ2) is 11.2. The van der Waals surface area contributed by atoms with Gasteiger partial charge in [-0.25, -0.2) is 0 Å². The predicted octanol–water partition coefficient (Wildman–Crippen LogP) is 3.08. The summed E-state index contributed by atoms with van der Waals surface area (Å²) in [6.07, 6.45) is 0. The van der Waals surface area contributed by atoms with E-state index in [1.807, 2.05) is 24.3 Å². The molecule has 0 aromatic heterocycles. The topological polar surface area (TPSA) is 80.3 Å². The molecule has 0 aliphatic carbocycles. The summed E-state index contributed by atoms with van der Waals surface area (Å²) in [5, 5.41) is 3.10. The van der Waals surface area contributed by atoms with Crippen LogP contribution in [-0.2, 0) is 4.79 Å². The van der Waals surface area contributed by atoms with Crippen molar-refractivity contribution < 1.29 is 23.8 Å². The Morgan fingerprint density at radius 1 is 1.00 bits per heavy atom. The number of carbonyl (C=O) groups is 2. The second-order valence-electron chi connectivity index (χ2n) is 8.22. The summed E-state index contributed by atoms with van der Waals surface area (Å²) in [5.74, 6) is 0.701. The van der Waals surface area contributed by atoms with Gasteiger partial charge in [0.15, 0.2) is 11.5 Å². The monoisotopic (exact) mass is 469 g/mol. The smallest absolute Gasteiger partial charge is 0.254 e. The van der Waals surface area contributed by atoms with E-state index in [1.165, 1.54) is 7.11 Å². The van der Waals surface area contributed by atoms with Crippen molar-refractivity contribution in [3.8, 4) is 17.2 Å². The van der Waals surface area contributed by atoms with Gasteiger partial charge in [0.05, 0.1) is 33.3 Å². The number of nitrogens with zero attached hydrogens (tertiary/aromatic N) is 2. The molecule has 34 heavy (non-hydrogen) atoms. The van der Waals surface area contributed by atoms with Gasteiger partial charge in [0.1, 0.15) is 5.75 Å². The van der Waals surface area contributed by atoms with Gasteiger partial charge in [0, 0.05) is 25.7 Å². The van der Waals surface area contributed by atoms with E-state index in [0.717, 1.165) is 25.2 Å². The fraction of sp³-hybridized carbons (Fsp3) is 0.462. The molecular formula is C26H35N3O5. The van der Waals surface area contributed by atoms with Crippen LogP contribution >= 0.6 is 0 Å². The number of fused-ring (bicyclic) bond motifs is 1. The molecule has 0 spiro atoms. The highest BCUT2D eigenvalue weighted by atomic mass is 16.5. The Labute approximate surface area is 201 Å². The first-order chi connectivity index (χ1) is 16.4. The lowest BCUT2D eigenvalue weighted by Crippen LogP contribution is -2.46. The summed E-state index contributed by atoms with van der Waals surface area (Å²) >= 11 is 0. The van der Waals surface area contributed by atoms with Gasteiger partial charge < -0.3 is 29.3 Å². The largest absolute Gasteiger partial charge is 0.497 e. The molecule has 3 rings (SSSR count). The van der Waals surface area contributed by atoms with Crippen LogP contribution in [0.2, 0.25) is 0 Å². The van der Waals surface area contributed by atoms with Crippen molar-refractivity contribution in [1.82, 2.24) is 15.1 Å². The molecule has 2 atom stereocenters. The molecule has 1 N–H and O–H groups in total. The maximum Gasteiger partial charge on any atom is 0.254 e. The van der Waals surface area contributed by atoms with Gasteiger partial charge in [-0.2, -0.15) is 0 Å². The first-order valence-corrected chi connectivity index (χ1v) is 11.6. The van der Waals surface area contributed by atoms with Gasteiger partial charge in [-0.15, -0.1) is 0 Å². The molecule has 1 aliphatic rings.